The number of nitrogens with one attached hydrogen (secondary N) is 1. The number of nitrogens with zero attached hydrogens (tertiary/aromatic N) is 6. The first-order valence-corrected chi connectivity index (χ1v) is 8.79. The van der Waals surface area contributed by atoms with E-state index < -0.39 is 0 Å². The Morgan fingerprint density at radius 1 is 1.00 bits per heavy atom. The number of methoxy groups -OCH3 is 1. The maximum Gasteiger partial charge on any atom is 0.118 e. The molecule has 0 amide bonds. The Kier molecular flexibility index (Phi) is 3.86. The zero-order chi connectivity index (χ0) is 18.9. The third-order valence-electron chi connectivity index (χ3n) is 4.59. The molecule has 1 N–H and O–H groups in total. The number of rotatable bonds is 5. The third-order valence-corrected chi connectivity index (χ3v) is 4.59. The number of aromatic nitrogens is 7. The average Bonchev–Trinajstić information content (AvgIpc) is 3.49. The van der Waals surface area contributed by atoms with Gasteiger partial charge in [0.05, 0.1) is 55.3 Å². The molecule has 0 radical (unpaired) electrons. The van der Waals surface area contributed by atoms with E-state index >= 15 is 0 Å². The minimum Gasteiger partial charge on any atom is -0.497 e. The van der Waals surface area contributed by atoms with Gasteiger partial charge in [-0.05, 0) is 23.8 Å². The SMILES string of the molecule is COc1ccc(Cn2cc(-c3cn4nccc4c(-c4cn[nH]c4)n3)cn2)cc1. The number of hydrogen-bond acceptors (Lipinski definition) is 5. The van der Waals surface area contributed by atoms with E-state index in [1.54, 1.807) is 19.5 Å². The van der Waals surface area contributed by atoms with Gasteiger partial charge in [-0.1, -0.05) is 12.1 Å². The van der Waals surface area contributed by atoms with Crippen LogP contribution in [0.2, 0.25) is 0 Å². The molecule has 0 aliphatic rings. The second kappa shape index (κ2) is 6.66. The van der Waals surface area contributed by atoms with Gasteiger partial charge in [-0.25, -0.2) is 9.50 Å². The van der Waals surface area contributed by atoms with E-state index in [0.29, 0.717) is 6.54 Å². The maximum absolute atomic E-state index is 5.21. The van der Waals surface area contributed by atoms with Crippen LogP contribution in [-0.4, -0.2) is 41.7 Å². The zero-order valence-corrected chi connectivity index (χ0v) is 15.1. The van der Waals surface area contributed by atoms with Crippen molar-refractivity contribution in [2.24, 2.45) is 0 Å². The van der Waals surface area contributed by atoms with Gasteiger partial charge in [0, 0.05) is 23.5 Å². The van der Waals surface area contributed by atoms with Gasteiger partial charge in [0.2, 0.25) is 0 Å². The number of benzene rings is 1. The van der Waals surface area contributed by atoms with Gasteiger partial charge in [-0.15, -0.1) is 0 Å². The molecule has 0 aliphatic carbocycles. The fourth-order valence-electron chi connectivity index (χ4n) is 3.16. The Morgan fingerprint density at radius 2 is 1.89 bits per heavy atom. The van der Waals surface area contributed by atoms with Crippen LogP contribution in [0.15, 0.2) is 67.5 Å². The van der Waals surface area contributed by atoms with Gasteiger partial charge in [0.25, 0.3) is 0 Å². The Morgan fingerprint density at radius 3 is 2.68 bits per heavy atom. The molecule has 4 aromatic heterocycles. The predicted molar refractivity (Wildman–Crippen MR) is 104 cm³/mol. The van der Waals surface area contributed by atoms with E-state index in [4.69, 9.17) is 9.72 Å². The topological polar surface area (TPSA) is 85.9 Å². The maximum atomic E-state index is 5.21. The first-order valence-electron chi connectivity index (χ1n) is 8.79. The Bertz CT molecular complexity index is 1220. The summed E-state index contributed by atoms with van der Waals surface area (Å²) in [7, 11) is 1.66. The predicted octanol–water partition coefficient (Wildman–Crippen LogP) is 3.04. The molecule has 5 aromatic rings. The molecular formula is C20H17N7O. The fourth-order valence-corrected chi connectivity index (χ4v) is 3.16. The summed E-state index contributed by atoms with van der Waals surface area (Å²) in [6.07, 6.45) is 11.1. The van der Waals surface area contributed by atoms with Gasteiger partial charge < -0.3 is 4.74 Å². The van der Waals surface area contributed by atoms with Crippen LogP contribution in [0.25, 0.3) is 28.0 Å². The molecule has 1 aromatic carbocycles. The van der Waals surface area contributed by atoms with E-state index in [9.17, 15) is 0 Å². The summed E-state index contributed by atoms with van der Waals surface area (Å²) in [4.78, 5) is 4.84. The molecule has 0 saturated heterocycles. The number of ether oxygens (including phenoxy) is 1. The summed E-state index contributed by atoms with van der Waals surface area (Å²) in [6, 6.07) is 9.90. The smallest absolute Gasteiger partial charge is 0.118 e. The standard InChI is InChI=1S/C20H17N7O/c1-28-17-4-2-14(3-5-17)11-26-12-16(10-24-26)18-13-27-19(6-7-23-27)20(25-18)15-8-21-22-9-15/h2-10,12-13H,11H2,1H3,(H,21,22). The second-order valence-electron chi connectivity index (χ2n) is 6.40. The highest BCUT2D eigenvalue weighted by atomic mass is 16.5. The number of fused-ring (bicyclic) bond motifs is 1. The number of H-pyrrole nitrogens is 1. The van der Waals surface area contributed by atoms with Crippen molar-refractivity contribution in [3.8, 4) is 28.3 Å². The van der Waals surface area contributed by atoms with Crippen LogP contribution in [0.1, 0.15) is 5.56 Å². The highest BCUT2D eigenvalue weighted by Crippen LogP contribution is 2.26. The molecule has 0 atom stereocenters. The lowest BCUT2D eigenvalue weighted by Crippen LogP contribution is -1.99. The molecule has 0 unspecified atom stereocenters. The summed E-state index contributed by atoms with van der Waals surface area (Å²) in [5.41, 5.74) is 5.54. The highest BCUT2D eigenvalue weighted by Gasteiger charge is 2.13. The van der Waals surface area contributed by atoms with Gasteiger partial charge in [-0.2, -0.15) is 15.3 Å². The minimum atomic E-state index is 0.669. The van der Waals surface area contributed by atoms with Gasteiger partial charge in [0.1, 0.15) is 5.75 Å². The zero-order valence-electron chi connectivity index (χ0n) is 15.1. The average molecular weight is 371 g/mol. The summed E-state index contributed by atoms with van der Waals surface area (Å²) in [6.45, 7) is 0.669. The molecule has 8 nitrogen and oxygen atoms in total. The van der Waals surface area contributed by atoms with Crippen LogP contribution in [-0.2, 0) is 6.54 Å². The van der Waals surface area contributed by atoms with Crippen molar-refractivity contribution in [3.63, 3.8) is 0 Å². The van der Waals surface area contributed by atoms with Crippen molar-refractivity contribution in [2.75, 3.05) is 7.11 Å². The van der Waals surface area contributed by atoms with Gasteiger partial charge in [0.15, 0.2) is 0 Å². The normalized spacial score (nSPS) is 11.2. The second-order valence-corrected chi connectivity index (χ2v) is 6.40. The van der Waals surface area contributed by atoms with Gasteiger partial charge in [-0.3, -0.25) is 9.78 Å². The van der Waals surface area contributed by atoms with Crippen molar-refractivity contribution in [2.45, 2.75) is 6.54 Å². The van der Waals surface area contributed by atoms with Crippen molar-refractivity contribution in [1.29, 1.82) is 0 Å². The third kappa shape index (κ3) is 2.90. The summed E-state index contributed by atoms with van der Waals surface area (Å²) < 4.78 is 8.92. The first kappa shape index (κ1) is 16.2. The van der Waals surface area contributed by atoms with Crippen LogP contribution in [0.4, 0.5) is 0 Å². The fraction of sp³-hybridized carbons (Fsp3) is 0.100. The Labute approximate surface area is 160 Å². The molecule has 5 rings (SSSR count). The molecule has 28 heavy (non-hydrogen) atoms. The van der Waals surface area contributed by atoms with E-state index in [2.05, 4.69) is 20.4 Å². The molecule has 0 spiro atoms. The van der Waals surface area contributed by atoms with Crippen molar-refractivity contribution in [3.05, 3.63) is 73.1 Å². The molecule has 0 aliphatic heterocycles. The van der Waals surface area contributed by atoms with Gasteiger partial charge >= 0.3 is 0 Å². The quantitative estimate of drug-likeness (QED) is 0.513. The Balaban J connectivity index is 1.49. The van der Waals surface area contributed by atoms with Crippen LogP contribution in [0.5, 0.6) is 5.75 Å². The van der Waals surface area contributed by atoms with Crippen molar-refractivity contribution < 1.29 is 4.74 Å². The summed E-state index contributed by atoms with van der Waals surface area (Å²) in [5.74, 6) is 0.841. The highest BCUT2D eigenvalue weighted by molar-refractivity contribution is 5.78. The molecule has 138 valence electrons. The lowest BCUT2D eigenvalue weighted by Gasteiger charge is -2.05. The lowest BCUT2D eigenvalue weighted by atomic mass is 10.2. The largest absolute Gasteiger partial charge is 0.497 e. The first-order chi connectivity index (χ1) is 13.8. The molecule has 0 fully saturated rings. The van der Waals surface area contributed by atoms with Crippen molar-refractivity contribution >= 4 is 5.52 Å². The van der Waals surface area contributed by atoms with Crippen LogP contribution >= 0.6 is 0 Å². The van der Waals surface area contributed by atoms with E-state index in [1.165, 1.54) is 0 Å². The molecule has 0 saturated carbocycles. The molecule has 8 heteroatoms. The van der Waals surface area contributed by atoms with E-state index in [-0.39, 0.29) is 0 Å². The van der Waals surface area contributed by atoms with Crippen molar-refractivity contribution in [1.82, 2.24) is 34.6 Å². The summed E-state index contributed by atoms with van der Waals surface area (Å²) in [5, 5.41) is 15.7. The monoisotopic (exact) mass is 371 g/mol. The van der Waals surface area contributed by atoms with E-state index in [1.807, 2.05) is 64.3 Å². The van der Waals surface area contributed by atoms with E-state index in [0.717, 1.165) is 39.3 Å². The number of aromatic amines is 1. The molecular weight excluding hydrogens is 354 g/mol. The molecule has 0 bridgehead atoms. The van der Waals surface area contributed by atoms with Crippen LogP contribution in [0.3, 0.4) is 0 Å². The number of hydrogen-bond donors (Lipinski definition) is 1. The van der Waals surface area contributed by atoms with Crippen LogP contribution in [0, 0.1) is 0 Å². The van der Waals surface area contributed by atoms with Crippen LogP contribution < -0.4 is 4.74 Å². The molecule has 4 heterocycles. The summed E-state index contributed by atoms with van der Waals surface area (Å²) >= 11 is 0. The Hall–Kier alpha value is -3.94. The lowest BCUT2D eigenvalue weighted by molar-refractivity contribution is 0.414. The minimum absolute atomic E-state index is 0.669.